The lowest BCUT2D eigenvalue weighted by Crippen LogP contribution is -2.50. The monoisotopic (exact) mass is 441 g/mol. The third-order valence-corrected chi connectivity index (χ3v) is 4.86. The number of nitrogens with zero attached hydrogens (tertiary/aromatic N) is 3. The van der Waals surface area contributed by atoms with Crippen LogP contribution in [-0.2, 0) is 11.3 Å². The topological polar surface area (TPSA) is 78.4 Å². The molecule has 0 radical (unpaired) electrons. The maximum absolute atomic E-state index is 12.9. The van der Waals surface area contributed by atoms with Gasteiger partial charge < -0.3 is 25.0 Å². The zero-order valence-corrected chi connectivity index (χ0v) is 18.5. The lowest BCUT2D eigenvalue weighted by Gasteiger charge is -2.34. The molecule has 8 nitrogen and oxygen atoms in total. The van der Waals surface area contributed by atoms with Gasteiger partial charge in [-0.05, 0) is 19.9 Å². The first-order valence-corrected chi connectivity index (χ1v) is 10.6. The summed E-state index contributed by atoms with van der Waals surface area (Å²) in [7, 11) is 0. The fourth-order valence-electron chi connectivity index (χ4n) is 3.30. The Labute approximate surface area is 182 Å². The molecule has 10 heteroatoms. The first-order valence-electron chi connectivity index (χ1n) is 10.6. The van der Waals surface area contributed by atoms with Gasteiger partial charge in [0.1, 0.15) is 0 Å². The molecular formula is C21H33F2N5O3. The molecule has 0 atom stereocenters. The van der Waals surface area contributed by atoms with Crippen LogP contribution in [0.1, 0.15) is 26.3 Å². The molecule has 0 aliphatic carbocycles. The number of nitrogens with one attached hydrogen (secondary N) is 2. The second-order valence-electron chi connectivity index (χ2n) is 7.03. The number of hydrogen-bond donors (Lipinski definition) is 2. The van der Waals surface area contributed by atoms with Gasteiger partial charge in [0, 0.05) is 58.3 Å². The van der Waals surface area contributed by atoms with Crippen molar-refractivity contribution in [2.24, 2.45) is 4.99 Å². The van der Waals surface area contributed by atoms with Gasteiger partial charge in [0.2, 0.25) is 5.91 Å². The van der Waals surface area contributed by atoms with E-state index in [4.69, 9.17) is 9.47 Å². The van der Waals surface area contributed by atoms with Crippen LogP contribution < -0.4 is 20.1 Å². The first kappa shape index (κ1) is 24.6. The van der Waals surface area contributed by atoms with Gasteiger partial charge in [-0.3, -0.25) is 9.69 Å². The van der Waals surface area contributed by atoms with E-state index in [1.165, 1.54) is 0 Å². The molecule has 31 heavy (non-hydrogen) atoms. The number of ether oxygens (including phenoxy) is 2. The predicted octanol–water partition coefficient (Wildman–Crippen LogP) is 1.91. The summed E-state index contributed by atoms with van der Waals surface area (Å²) >= 11 is 0. The SMILES string of the molecule is CCNC(=NCc1cccc(OCC)c1OC(F)F)NCCN1CCN(C(C)=O)CC1. The lowest BCUT2D eigenvalue weighted by molar-refractivity contribution is -0.130. The number of aliphatic imine (C=N–C) groups is 1. The maximum Gasteiger partial charge on any atom is 0.387 e. The van der Waals surface area contributed by atoms with Crippen molar-refractivity contribution in [1.82, 2.24) is 20.4 Å². The molecule has 1 saturated heterocycles. The summed E-state index contributed by atoms with van der Waals surface area (Å²) in [5.41, 5.74) is 0.517. The predicted molar refractivity (Wildman–Crippen MR) is 116 cm³/mol. The van der Waals surface area contributed by atoms with Crippen LogP contribution in [0.2, 0.25) is 0 Å². The van der Waals surface area contributed by atoms with Crippen molar-refractivity contribution >= 4 is 11.9 Å². The van der Waals surface area contributed by atoms with Crippen LogP contribution in [0.25, 0.3) is 0 Å². The molecule has 0 aromatic heterocycles. The van der Waals surface area contributed by atoms with Crippen molar-refractivity contribution < 1.29 is 23.0 Å². The largest absolute Gasteiger partial charge is 0.490 e. The Kier molecular flexibility index (Phi) is 10.3. The zero-order chi connectivity index (χ0) is 22.6. The first-order chi connectivity index (χ1) is 14.9. The Morgan fingerprint density at radius 2 is 1.94 bits per heavy atom. The summed E-state index contributed by atoms with van der Waals surface area (Å²) in [4.78, 5) is 20.1. The van der Waals surface area contributed by atoms with Gasteiger partial charge >= 0.3 is 6.61 Å². The number of rotatable bonds is 10. The number of amides is 1. The van der Waals surface area contributed by atoms with Crippen LogP contribution in [0, 0.1) is 0 Å². The van der Waals surface area contributed by atoms with E-state index < -0.39 is 6.61 Å². The zero-order valence-electron chi connectivity index (χ0n) is 18.5. The summed E-state index contributed by atoms with van der Waals surface area (Å²) in [6.45, 7) is 8.22. The Morgan fingerprint density at radius 3 is 2.55 bits per heavy atom. The summed E-state index contributed by atoms with van der Waals surface area (Å²) in [5, 5.41) is 6.43. The number of benzene rings is 1. The summed E-state index contributed by atoms with van der Waals surface area (Å²) in [5.74, 6) is 0.998. The average molecular weight is 442 g/mol. The van der Waals surface area contributed by atoms with Crippen LogP contribution in [0.5, 0.6) is 11.5 Å². The third-order valence-electron chi connectivity index (χ3n) is 4.86. The van der Waals surface area contributed by atoms with Gasteiger partial charge in [-0.2, -0.15) is 8.78 Å². The Morgan fingerprint density at radius 1 is 1.19 bits per heavy atom. The normalized spacial score (nSPS) is 15.2. The summed E-state index contributed by atoms with van der Waals surface area (Å²) in [6, 6.07) is 5.03. The molecule has 1 fully saturated rings. The molecule has 0 bridgehead atoms. The van der Waals surface area contributed by atoms with E-state index in [9.17, 15) is 13.6 Å². The minimum absolute atomic E-state index is 0.0160. The van der Waals surface area contributed by atoms with Gasteiger partial charge in [0.05, 0.1) is 13.2 Å². The standard InChI is InChI=1S/C21H33F2N5O3/c1-4-24-21(25-9-10-27-11-13-28(14-12-27)16(3)29)26-15-17-7-6-8-18(30-5-2)19(17)31-20(22)23/h6-8,20H,4-5,9-15H2,1-3H3,(H2,24,25,26). The van der Waals surface area contributed by atoms with E-state index in [0.717, 1.165) is 32.7 Å². The highest BCUT2D eigenvalue weighted by Crippen LogP contribution is 2.33. The van der Waals surface area contributed by atoms with E-state index in [2.05, 4.69) is 20.5 Å². The van der Waals surface area contributed by atoms with Gasteiger partial charge in [-0.15, -0.1) is 0 Å². The number of halogens is 2. The van der Waals surface area contributed by atoms with E-state index in [0.29, 0.717) is 31.2 Å². The highest BCUT2D eigenvalue weighted by Gasteiger charge is 2.18. The van der Waals surface area contributed by atoms with E-state index >= 15 is 0 Å². The molecule has 174 valence electrons. The molecule has 0 spiro atoms. The van der Waals surface area contributed by atoms with Crippen LogP contribution in [0.4, 0.5) is 8.78 Å². The van der Waals surface area contributed by atoms with E-state index in [-0.39, 0.29) is 24.0 Å². The fourth-order valence-corrected chi connectivity index (χ4v) is 3.30. The number of guanidine groups is 1. The summed E-state index contributed by atoms with van der Waals surface area (Å²) < 4.78 is 35.9. The Hall–Kier alpha value is -2.62. The van der Waals surface area contributed by atoms with Crippen molar-refractivity contribution in [3.8, 4) is 11.5 Å². The van der Waals surface area contributed by atoms with Crippen molar-refractivity contribution in [3.05, 3.63) is 23.8 Å². The number of alkyl halides is 2. The van der Waals surface area contributed by atoms with Crippen LogP contribution >= 0.6 is 0 Å². The minimum atomic E-state index is -2.95. The van der Waals surface area contributed by atoms with Gasteiger partial charge in [0.25, 0.3) is 0 Å². The van der Waals surface area contributed by atoms with Gasteiger partial charge in [-0.25, -0.2) is 4.99 Å². The fraction of sp³-hybridized carbons (Fsp3) is 0.619. The van der Waals surface area contributed by atoms with Crippen molar-refractivity contribution in [2.45, 2.75) is 33.9 Å². The lowest BCUT2D eigenvalue weighted by atomic mass is 10.2. The van der Waals surface area contributed by atoms with Gasteiger partial charge in [0.15, 0.2) is 17.5 Å². The van der Waals surface area contributed by atoms with Crippen molar-refractivity contribution in [1.29, 1.82) is 0 Å². The molecule has 0 saturated carbocycles. The molecule has 1 aromatic rings. The molecule has 1 aromatic carbocycles. The van der Waals surface area contributed by atoms with Crippen LogP contribution in [0.3, 0.4) is 0 Å². The second kappa shape index (κ2) is 12.9. The summed E-state index contributed by atoms with van der Waals surface area (Å²) in [6.07, 6.45) is 0. The minimum Gasteiger partial charge on any atom is -0.490 e. The van der Waals surface area contributed by atoms with Crippen LogP contribution in [-0.4, -0.2) is 80.7 Å². The smallest absolute Gasteiger partial charge is 0.387 e. The molecule has 1 heterocycles. The average Bonchev–Trinajstić information content (AvgIpc) is 2.74. The molecule has 2 rings (SSSR count). The van der Waals surface area contributed by atoms with E-state index in [1.807, 2.05) is 11.8 Å². The molecule has 0 unspecified atom stereocenters. The van der Waals surface area contributed by atoms with Crippen molar-refractivity contribution in [2.75, 3.05) is 52.4 Å². The van der Waals surface area contributed by atoms with Crippen LogP contribution in [0.15, 0.2) is 23.2 Å². The number of para-hydroxylation sites is 1. The Balaban J connectivity index is 1.95. The second-order valence-corrected chi connectivity index (χ2v) is 7.03. The molecule has 1 aliphatic rings. The quantitative estimate of drug-likeness (QED) is 0.427. The van der Waals surface area contributed by atoms with Gasteiger partial charge in [-0.1, -0.05) is 12.1 Å². The Bertz CT molecular complexity index is 725. The number of piperazine rings is 1. The number of carbonyl (C=O) groups excluding carboxylic acids is 1. The molecule has 1 aliphatic heterocycles. The number of carbonyl (C=O) groups is 1. The molecular weight excluding hydrogens is 408 g/mol. The maximum atomic E-state index is 12.9. The molecule has 1 amide bonds. The van der Waals surface area contributed by atoms with E-state index in [1.54, 1.807) is 32.0 Å². The highest BCUT2D eigenvalue weighted by molar-refractivity contribution is 5.79. The third kappa shape index (κ3) is 8.20. The molecule has 2 N–H and O–H groups in total. The highest BCUT2D eigenvalue weighted by atomic mass is 19.3. The van der Waals surface area contributed by atoms with Crippen molar-refractivity contribution in [3.63, 3.8) is 0 Å². The number of hydrogen-bond acceptors (Lipinski definition) is 5.